The fourth-order valence-electron chi connectivity index (χ4n) is 3.73. The summed E-state index contributed by atoms with van der Waals surface area (Å²) in [6.45, 7) is 3.05. The predicted molar refractivity (Wildman–Crippen MR) is 102 cm³/mol. The van der Waals surface area contributed by atoms with Gasteiger partial charge in [0.15, 0.2) is 0 Å². The van der Waals surface area contributed by atoms with Crippen LogP contribution in [0.15, 0.2) is 24.3 Å². The molecule has 144 valence electrons. The quantitative estimate of drug-likeness (QED) is 0.818. The van der Waals surface area contributed by atoms with Crippen LogP contribution in [0.2, 0.25) is 0 Å². The summed E-state index contributed by atoms with van der Waals surface area (Å²) in [5.41, 5.74) is 2.02. The maximum absolute atomic E-state index is 12.3. The highest BCUT2D eigenvalue weighted by atomic mass is 16.6. The van der Waals surface area contributed by atoms with Crippen molar-refractivity contribution in [2.45, 2.75) is 50.8 Å². The van der Waals surface area contributed by atoms with E-state index in [0.29, 0.717) is 32.4 Å². The molecule has 0 spiro atoms. The SMILES string of the molecule is CN(Cc1ccccc1NC(=O)NC[C@@H]1COCCO1)C1CCCCC1. The smallest absolute Gasteiger partial charge is 0.319 e. The van der Waals surface area contributed by atoms with Crippen LogP contribution >= 0.6 is 0 Å². The molecule has 1 atom stereocenters. The summed E-state index contributed by atoms with van der Waals surface area (Å²) in [5, 5.41) is 5.86. The highest BCUT2D eigenvalue weighted by molar-refractivity contribution is 5.90. The molecule has 1 heterocycles. The molecule has 2 amide bonds. The summed E-state index contributed by atoms with van der Waals surface area (Å²) in [4.78, 5) is 14.7. The number of amides is 2. The summed E-state index contributed by atoms with van der Waals surface area (Å²) in [5.74, 6) is 0. The standard InChI is InChI=1S/C20H31N3O3/c1-23(17-8-3-2-4-9-17)14-16-7-5-6-10-19(16)22-20(24)21-13-18-15-25-11-12-26-18/h5-7,10,17-18H,2-4,8-9,11-15H2,1H3,(H2,21,22,24)/t18-/m1/s1. The number of nitrogens with one attached hydrogen (secondary N) is 2. The second kappa shape index (κ2) is 9.90. The molecule has 0 radical (unpaired) electrons. The van der Waals surface area contributed by atoms with Crippen LogP contribution in [-0.2, 0) is 16.0 Å². The summed E-state index contributed by atoms with van der Waals surface area (Å²) in [6, 6.07) is 8.48. The first-order valence-corrected chi connectivity index (χ1v) is 9.74. The molecule has 1 saturated heterocycles. The van der Waals surface area contributed by atoms with E-state index in [-0.39, 0.29) is 12.1 Å². The number of urea groups is 1. The Morgan fingerprint density at radius 3 is 2.77 bits per heavy atom. The first kappa shape index (κ1) is 19.1. The van der Waals surface area contributed by atoms with Crippen molar-refractivity contribution in [2.75, 3.05) is 38.7 Å². The fraction of sp³-hybridized carbons (Fsp3) is 0.650. The van der Waals surface area contributed by atoms with Crippen LogP contribution in [0.5, 0.6) is 0 Å². The Kier molecular flexibility index (Phi) is 7.29. The summed E-state index contributed by atoms with van der Waals surface area (Å²) in [6.07, 6.45) is 6.49. The fourth-order valence-corrected chi connectivity index (χ4v) is 3.73. The Labute approximate surface area is 156 Å². The lowest BCUT2D eigenvalue weighted by atomic mass is 9.94. The van der Waals surface area contributed by atoms with Crippen LogP contribution in [0.3, 0.4) is 0 Å². The molecule has 1 aliphatic carbocycles. The molecule has 2 N–H and O–H groups in total. The second-order valence-corrected chi connectivity index (χ2v) is 7.27. The van der Waals surface area contributed by atoms with Crippen LogP contribution in [0.25, 0.3) is 0 Å². The van der Waals surface area contributed by atoms with Gasteiger partial charge in [0.1, 0.15) is 0 Å². The maximum Gasteiger partial charge on any atom is 0.319 e. The van der Waals surface area contributed by atoms with E-state index in [2.05, 4.69) is 28.6 Å². The first-order chi connectivity index (χ1) is 12.7. The van der Waals surface area contributed by atoms with E-state index in [1.807, 2.05) is 18.2 Å². The Hall–Kier alpha value is -1.63. The molecule has 0 aromatic heterocycles. The van der Waals surface area contributed by atoms with Crippen molar-refractivity contribution in [3.63, 3.8) is 0 Å². The van der Waals surface area contributed by atoms with Crippen molar-refractivity contribution in [1.29, 1.82) is 0 Å². The molecule has 2 fully saturated rings. The number of para-hydroxylation sites is 1. The van der Waals surface area contributed by atoms with Gasteiger partial charge < -0.3 is 20.1 Å². The Balaban J connectivity index is 1.51. The Bertz CT molecular complexity index is 569. The molecular formula is C20H31N3O3. The summed E-state index contributed by atoms with van der Waals surface area (Å²) < 4.78 is 10.9. The van der Waals surface area contributed by atoms with Gasteiger partial charge in [-0.15, -0.1) is 0 Å². The third-order valence-corrected chi connectivity index (χ3v) is 5.26. The third kappa shape index (κ3) is 5.69. The lowest BCUT2D eigenvalue weighted by molar-refractivity contribution is -0.0852. The first-order valence-electron chi connectivity index (χ1n) is 9.74. The zero-order chi connectivity index (χ0) is 18.2. The van der Waals surface area contributed by atoms with Crippen LogP contribution in [0.4, 0.5) is 10.5 Å². The normalized spacial score (nSPS) is 21.5. The molecule has 1 aromatic rings. The molecule has 26 heavy (non-hydrogen) atoms. The molecule has 6 heteroatoms. The van der Waals surface area contributed by atoms with Crippen molar-refractivity contribution < 1.29 is 14.3 Å². The van der Waals surface area contributed by atoms with Crippen LogP contribution in [0, 0.1) is 0 Å². The van der Waals surface area contributed by atoms with E-state index < -0.39 is 0 Å². The number of rotatable bonds is 6. The molecule has 1 aromatic carbocycles. The molecule has 2 aliphatic rings. The zero-order valence-corrected chi connectivity index (χ0v) is 15.7. The number of nitrogens with zero attached hydrogens (tertiary/aromatic N) is 1. The molecule has 3 rings (SSSR count). The predicted octanol–water partition coefficient (Wildman–Crippen LogP) is 2.99. The highest BCUT2D eigenvalue weighted by Crippen LogP contribution is 2.24. The largest absolute Gasteiger partial charge is 0.376 e. The molecule has 1 saturated carbocycles. The average Bonchev–Trinajstić information content (AvgIpc) is 2.69. The van der Waals surface area contributed by atoms with Crippen LogP contribution in [0.1, 0.15) is 37.7 Å². The Morgan fingerprint density at radius 2 is 2.00 bits per heavy atom. The topological polar surface area (TPSA) is 62.8 Å². The lowest BCUT2D eigenvalue weighted by Crippen LogP contribution is -2.41. The van der Waals surface area contributed by atoms with Crippen molar-refractivity contribution in [3.05, 3.63) is 29.8 Å². The Morgan fingerprint density at radius 1 is 1.19 bits per heavy atom. The van der Waals surface area contributed by atoms with Gasteiger partial charge >= 0.3 is 6.03 Å². The van der Waals surface area contributed by atoms with Gasteiger partial charge in [0, 0.05) is 24.8 Å². The minimum absolute atomic E-state index is 0.0674. The number of carbonyl (C=O) groups is 1. The third-order valence-electron chi connectivity index (χ3n) is 5.26. The van der Waals surface area contributed by atoms with Crippen molar-refractivity contribution in [2.24, 2.45) is 0 Å². The van der Waals surface area contributed by atoms with E-state index in [1.54, 1.807) is 0 Å². The number of carbonyl (C=O) groups excluding carboxylic acids is 1. The number of benzene rings is 1. The number of hydrogen-bond acceptors (Lipinski definition) is 4. The van der Waals surface area contributed by atoms with Gasteiger partial charge in [-0.2, -0.15) is 0 Å². The maximum atomic E-state index is 12.3. The van der Waals surface area contributed by atoms with E-state index in [9.17, 15) is 4.79 Å². The molecule has 1 aliphatic heterocycles. The van der Waals surface area contributed by atoms with E-state index >= 15 is 0 Å². The molecule has 0 bridgehead atoms. The van der Waals surface area contributed by atoms with Gasteiger partial charge in [-0.3, -0.25) is 4.90 Å². The molecule has 0 unspecified atom stereocenters. The lowest BCUT2D eigenvalue weighted by Gasteiger charge is -2.31. The number of anilines is 1. The van der Waals surface area contributed by atoms with Gasteiger partial charge in [0.25, 0.3) is 0 Å². The summed E-state index contributed by atoms with van der Waals surface area (Å²) >= 11 is 0. The zero-order valence-electron chi connectivity index (χ0n) is 15.7. The second-order valence-electron chi connectivity index (χ2n) is 7.27. The van der Waals surface area contributed by atoms with Gasteiger partial charge in [-0.1, -0.05) is 37.5 Å². The van der Waals surface area contributed by atoms with Crippen LogP contribution in [-0.4, -0.2) is 56.5 Å². The van der Waals surface area contributed by atoms with Gasteiger partial charge in [0.2, 0.25) is 0 Å². The van der Waals surface area contributed by atoms with Crippen LogP contribution < -0.4 is 10.6 Å². The minimum Gasteiger partial charge on any atom is -0.376 e. The van der Waals surface area contributed by atoms with Crippen molar-refractivity contribution in [1.82, 2.24) is 10.2 Å². The monoisotopic (exact) mass is 361 g/mol. The number of ether oxygens (including phenoxy) is 2. The molecule has 6 nitrogen and oxygen atoms in total. The van der Waals surface area contributed by atoms with Crippen molar-refractivity contribution in [3.8, 4) is 0 Å². The van der Waals surface area contributed by atoms with E-state index in [0.717, 1.165) is 17.8 Å². The summed E-state index contributed by atoms with van der Waals surface area (Å²) in [7, 11) is 2.19. The van der Waals surface area contributed by atoms with Gasteiger partial charge in [-0.25, -0.2) is 4.79 Å². The van der Waals surface area contributed by atoms with Gasteiger partial charge in [-0.05, 0) is 31.5 Å². The number of hydrogen-bond donors (Lipinski definition) is 2. The highest BCUT2D eigenvalue weighted by Gasteiger charge is 2.19. The van der Waals surface area contributed by atoms with Crippen molar-refractivity contribution >= 4 is 11.7 Å². The minimum atomic E-state index is -0.202. The average molecular weight is 361 g/mol. The van der Waals surface area contributed by atoms with Gasteiger partial charge in [0.05, 0.1) is 25.9 Å². The van der Waals surface area contributed by atoms with E-state index in [4.69, 9.17) is 9.47 Å². The molecular weight excluding hydrogens is 330 g/mol. The van der Waals surface area contributed by atoms with E-state index in [1.165, 1.54) is 32.1 Å².